The van der Waals surface area contributed by atoms with E-state index >= 15 is 0 Å². The molecule has 0 fully saturated rings. The molecule has 5 N–H and O–H groups in total. The third-order valence-corrected chi connectivity index (χ3v) is 4.93. The molecule has 2 amide bonds. The quantitative estimate of drug-likeness (QED) is 0.408. The summed E-state index contributed by atoms with van der Waals surface area (Å²) in [4.78, 5) is 51.8. The Morgan fingerprint density at radius 2 is 1.84 bits per heavy atom. The van der Waals surface area contributed by atoms with Crippen molar-refractivity contribution in [1.82, 2.24) is 15.6 Å². The van der Waals surface area contributed by atoms with Gasteiger partial charge in [0.2, 0.25) is 5.91 Å². The zero-order valence-corrected chi connectivity index (χ0v) is 18.8. The Kier molecular flexibility index (Phi) is 8.44. The van der Waals surface area contributed by atoms with E-state index in [4.69, 9.17) is 15.6 Å². The number of carbonyl (C=O) groups is 4. The van der Waals surface area contributed by atoms with Gasteiger partial charge in [0.1, 0.15) is 16.3 Å². The number of carboxylic acid groups (broad SMARTS) is 1. The second kappa shape index (κ2) is 10.8. The Hall–Kier alpha value is -3.31. The highest BCUT2D eigenvalue weighted by Gasteiger charge is 2.26. The largest absolute Gasteiger partial charge is 0.481 e. The Morgan fingerprint density at radius 3 is 2.44 bits per heavy atom. The molecular formula is C21H26N4O6S. The van der Waals surface area contributed by atoms with Crippen LogP contribution in [0.2, 0.25) is 0 Å². The predicted octanol–water partition coefficient (Wildman–Crippen LogP) is 1.55. The number of nitrogens with two attached hydrogens (primary N) is 1. The minimum atomic E-state index is -1.13. The highest BCUT2D eigenvalue weighted by molar-refractivity contribution is 7.10. The van der Waals surface area contributed by atoms with Crippen LogP contribution in [0.3, 0.4) is 0 Å². The summed E-state index contributed by atoms with van der Waals surface area (Å²) in [6.07, 6.45) is -0.304. The van der Waals surface area contributed by atoms with Crippen LogP contribution >= 0.6 is 11.3 Å². The fourth-order valence-corrected chi connectivity index (χ4v) is 3.40. The number of nitrogens with one attached hydrogen (secondary N) is 2. The number of hydrogen-bond acceptors (Lipinski definition) is 8. The van der Waals surface area contributed by atoms with E-state index in [9.17, 15) is 19.2 Å². The third kappa shape index (κ3) is 7.75. The van der Waals surface area contributed by atoms with Crippen molar-refractivity contribution < 1.29 is 29.0 Å². The van der Waals surface area contributed by atoms with Gasteiger partial charge in [0.05, 0.1) is 19.0 Å². The number of aromatic nitrogens is 1. The number of benzene rings is 1. The number of hydrogen-bond donors (Lipinski definition) is 4. The topological polar surface area (TPSA) is 161 Å². The molecule has 2 rings (SSSR count). The van der Waals surface area contributed by atoms with Crippen molar-refractivity contribution in [2.24, 2.45) is 5.73 Å². The van der Waals surface area contributed by atoms with Crippen LogP contribution in [0.25, 0.3) is 0 Å². The van der Waals surface area contributed by atoms with Crippen molar-refractivity contribution in [1.29, 1.82) is 0 Å². The first-order valence-corrected chi connectivity index (χ1v) is 10.6. The molecule has 0 saturated heterocycles. The Bertz CT molecular complexity index is 970. The lowest BCUT2D eigenvalue weighted by Crippen LogP contribution is -2.39. The van der Waals surface area contributed by atoms with Crippen LogP contribution in [0.1, 0.15) is 60.3 Å². The first-order valence-electron chi connectivity index (χ1n) is 9.74. The van der Waals surface area contributed by atoms with Crippen LogP contribution in [0.4, 0.5) is 0 Å². The van der Waals surface area contributed by atoms with Gasteiger partial charge in [-0.1, -0.05) is 30.3 Å². The number of amides is 2. The van der Waals surface area contributed by atoms with Crippen LogP contribution in [0.15, 0.2) is 35.7 Å². The zero-order valence-electron chi connectivity index (χ0n) is 18.0. The third-order valence-electron chi connectivity index (χ3n) is 4.01. The fraction of sp³-hybridized carbons (Fsp3) is 0.381. The Balaban J connectivity index is 1.93. The maximum Gasteiger partial charge on any atom is 0.330 e. The lowest BCUT2D eigenvalue weighted by molar-refractivity contribution is -0.156. The van der Waals surface area contributed by atoms with E-state index in [1.807, 2.05) is 0 Å². The number of rotatable bonds is 9. The molecular weight excluding hydrogens is 436 g/mol. The van der Waals surface area contributed by atoms with Crippen molar-refractivity contribution in [3.63, 3.8) is 0 Å². The lowest BCUT2D eigenvalue weighted by Gasteiger charge is -2.21. The Morgan fingerprint density at radius 1 is 1.19 bits per heavy atom. The lowest BCUT2D eigenvalue weighted by atomic mass is 10.0. The van der Waals surface area contributed by atoms with E-state index in [2.05, 4.69) is 15.6 Å². The molecule has 2 aromatic rings. The van der Waals surface area contributed by atoms with Gasteiger partial charge in [0.25, 0.3) is 5.91 Å². The number of nitrogens with zero attached hydrogens (tertiary/aromatic N) is 1. The molecule has 0 aliphatic rings. The smallest absolute Gasteiger partial charge is 0.330 e. The molecule has 11 heteroatoms. The van der Waals surface area contributed by atoms with Crippen molar-refractivity contribution in [2.75, 3.05) is 6.54 Å². The van der Waals surface area contributed by atoms with Gasteiger partial charge in [-0.25, -0.2) is 9.78 Å². The van der Waals surface area contributed by atoms with Crippen molar-refractivity contribution in [2.45, 2.75) is 44.9 Å². The van der Waals surface area contributed by atoms with Crippen LogP contribution < -0.4 is 16.4 Å². The summed E-state index contributed by atoms with van der Waals surface area (Å²) in [5.41, 5.74) is 5.79. The minimum absolute atomic E-state index is 0.00181. The van der Waals surface area contributed by atoms with Crippen LogP contribution in [-0.2, 0) is 19.1 Å². The molecule has 0 bridgehead atoms. The normalized spacial score (nSPS) is 13.0. The number of aliphatic carboxylic acids is 1. The summed E-state index contributed by atoms with van der Waals surface area (Å²) < 4.78 is 5.21. The molecule has 0 spiro atoms. The maximum absolute atomic E-state index is 12.3. The molecule has 0 saturated carbocycles. The SMILES string of the molecule is CC(C)(C)OC(=O)C(N)c1nc(C(=O)NCC(=O)NC(CC(=O)O)c2ccccc2)cs1. The van der Waals surface area contributed by atoms with Gasteiger partial charge >= 0.3 is 11.9 Å². The van der Waals surface area contributed by atoms with Gasteiger partial charge in [0.15, 0.2) is 6.04 Å². The Labute approximate surface area is 189 Å². The molecule has 0 radical (unpaired) electrons. The van der Waals surface area contributed by atoms with E-state index < -0.39 is 41.4 Å². The molecule has 2 atom stereocenters. The highest BCUT2D eigenvalue weighted by Crippen LogP contribution is 2.20. The van der Waals surface area contributed by atoms with Crippen molar-refractivity contribution >= 4 is 35.1 Å². The van der Waals surface area contributed by atoms with Crippen molar-refractivity contribution in [3.05, 3.63) is 52.0 Å². The molecule has 32 heavy (non-hydrogen) atoms. The second-order valence-electron chi connectivity index (χ2n) is 7.89. The molecule has 1 aromatic carbocycles. The first kappa shape index (κ1) is 25.0. The van der Waals surface area contributed by atoms with Gasteiger partial charge in [-0.05, 0) is 26.3 Å². The summed E-state index contributed by atoms with van der Waals surface area (Å²) in [5, 5.41) is 15.7. The molecule has 0 aliphatic heterocycles. The summed E-state index contributed by atoms with van der Waals surface area (Å²) in [6.45, 7) is 4.75. The van der Waals surface area contributed by atoms with E-state index in [1.54, 1.807) is 51.1 Å². The number of thiazole rings is 1. The monoisotopic (exact) mass is 462 g/mol. The highest BCUT2D eigenvalue weighted by atomic mass is 32.1. The van der Waals surface area contributed by atoms with Gasteiger partial charge < -0.3 is 26.2 Å². The van der Waals surface area contributed by atoms with E-state index in [0.717, 1.165) is 11.3 Å². The van der Waals surface area contributed by atoms with Crippen LogP contribution in [0, 0.1) is 0 Å². The average molecular weight is 463 g/mol. The predicted molar refractivity (Wildman–Crippen MR) is 117 cm³/mol. The summed E-state index contributed by atoms with van der Waals surface area (Å²) in [6, 6.07) is 6.79. The molecule has 1 heterocycles. The molecule has 2 unspecified atom stereocenters. The van der Waals surface area contributed by atoms with Crippen molar-refractivity contribution in [3.8, 4) is 0 Å². The van der Waals surface area contributed by atoms with Gasteiger partial charge in [0, 0.05) is 5.38 Å². The van der Waals surface area contributed by atoms with Gasteiger partial charge in [-0.2, -0.15) is 0 Å². The van der Waals surface area contributed by atoms with Crippen LogP contribution in [0.5, 0.6) is 0 Å². The van der Waals surface area contributed by atoms with E-state index in [-0.39, 0.29) is 23.7 Å². The van der Waals surface area contributed by atoms with E-state index in [0.29, 0.717) is 5.56 Å². The summed E-state index contributed by atoms with van der Waals surface area (Å²) in [5.74, 6) is -2.93. The molecule has 10 nitrogen and oxygen atoms in total. The summed E-state index contributed by atoms with van der Waals surface area (Å²) in [7, 11) is 0. The minimum Gasteiger partial charge on any atom is -0.481 e. The number of carbonyl (C=O) groups excluding carboxylic acids is 3. The molecule has 1 aromatic heterocycles. The number of ether oxygens (including phenoxy) is 1. The standard InChI is InChI=1S/C21H26N4O6S/c1-21(2,3)31-20(30)17(22)19-25-14(11-32-19)18(29)23-10-15(26)24-13(9-16(27)28)12-7-5-4-6-8-12/h4-8,11,13,17H,9-10,22H2,1-3H3,(H,23,29)(H,24,26)(H,27,28). The first-order chi connectivity index (χ1) is 15.0. The van der Waals surface area contributed by atoms with Gasteiger partial charge in [-0.15, -0.1) is 11.3 Å². The molecule has 172 valence electrons. The average Bonchev–Trinajstić information content (AvgIpc) is 3.20. The molecule has 0 aliphatic carbocycles. The van der Waals surface area contributed by atoms with E-state index in [1.165, 1.54) is 5.38 Å². The maximum atomic E-state index is 12.3. The zero-order chi connectivity index (χ0) is 23.9. The second-order valence-corrected chi connectivity index (χ2v) is 8.78. The van der Waals surface area contributed by atoms with Gasteiger partial charge in [-0.3, -0.25) is 14.4 Å². The van der Waals surface area contributed by atoms with Crippen LogP contribution in [-0.4, -0.2) is 46.0 Å². The summed E-state index contributed by atoms with van der Waals surface area (Å²) >= 11 is 1.03. The fourth-order valence-electron chi connectivity index (χ4n) is 2.61. The number of carboxylic acids is 1. The number of esters is 1.